The number of carbonyl (C=O) groups excluding carboxylic acids is 1. The van der Waals surface area contributed by atoms with Crippen LogP contribution in [0.15, 0.2) is 30.3 Å². The molecule has 0 spiro atoms. The molecular weight excluding hydrogens is 292 g/mol. The molecule has 1 fully saturated rings. The zero-order valence-corrected chi connectivity index (χ0v) is 13.9. The fraction of sp³-hybridized carbons (Fsp3) is 0.611. The fourth-order valence-electron chi connectivity index (χ4n) is 2.84. The molecule has 23 heavy (non-hydrogen) atoms. The first-order valence-corrected chi connectivity index (χ1v) is 8.49. The summed E-state index contributed by atoms with van der Waals surface area (Å²) in [7, 11) is 0. The highest BCUT2D eigenvalue weighted by Crippen LogP contribution is 2.16. The minimum atomic E-state index is -0.114. The van der Waals surface area contributed by atoms with E-state index in [0.29, 0.717) is 19.6 Å². The van der Waals surface area contributed by atoms with Crippen molar-refractivity contribution in [2.45, 2.75) is 44.9 Å². The highest BCUT2D eigenvalue weighted by molar-refractivity contribution is 5.81. The molecule has 0 bridgehead atoms. The number of hydrogen-bond donors (Lipinski definition) is 2. The van der Waals surface area contributed by atoms with Crippen LogP contribution in [0.3, 0.4) is 0 Å². The van der Waals surface area contributed by atoms with Gasteiger partial charge in [0.15, 0.2) is 0 Å². The highest BCUT2D eigenvalue weighted by atomic mass is 16.5. The second kappa shape index (κ2) is 9.65. The Morgan fingerprint density at radius 2 is 2.04 bits per heavy atom. The smallest absolute Gasteiger partial charge is 0.237 e. The number of benzene rings is 1. The Hall–Kier alpha value is -1.43. The molecule has 1 atom stereocenters. The normalized spacial score (nSPS) is 17.8. The van der Waals surface area contributed by atoms with Crippen LogP contribution in [0.5, 0.6) is 0 Å². The van der Waals surface area contributed by atoms with E-state index >= 15 is 0 Å². The number of hydrogen-bond acceptors (Lipinski definition) is 4. The molecule has 1 aliphatic heterocycles. The summed E-state index contributed by atoms with van der Waals surface area (Å²) in [5.41, 5.74) is 1.11. The van der Waals surface area contributed by atoms with Gasteiger partial charge in [0.25, 0.3) is 0 Å². The maximum Gasteiger partial charge on any atom is 0.237 e. The monoisotopic (exact) mass is 320 g/mol. The molecule has 2 rings (SSSR count). The molecule has 1 heterocycles. The Kier molecular flexibility index (Phi) is 7.52. The van der Waals surface area contributed by atoms with Gasteiger partial charge in [0.1, 0.15) is 0 Å². The summed E-state index contributed by atoms with van der Waals surface area (Å²) >= 11 is 0. The number of amides is 1. The van der Waals surface area contributed by atoms with Crippen LogP contribution in [-0.2, 0) is 16.1 Å². The molecule has 5 heteroatoms. The highest BCUT2D eigenvalue weighted by Gasteiger charge is 2.26. The quantitative estimate of drug-likeness (QED) is 0.714. The first-order valence-electron chi connectivity index (χ1n) is 8.49. The molecule has 1 aromatic rings. The van der Waals surface area contributed by atoms with Crippen molar-refractivity contribution in [2.24, 2.45) is 0 Å². The van der Waals surface area contributed by atoms with Gasteiger partial charge in [-0.2, -0.15) is 0 Å². The number of aliphatic hydroxyl groups is 1. The van der Waals surface area contributed by atoms with Gasteiger partial charge in [-0.1, -0.05) is 30.3 Å². The van der Waals surface area contributed by atoms with Crippen LogP contribution < -0.4 is 5.32 Å². The summed E-state index contributed by atoms with van der Waals surface area (Å²) in [6, 6.07) is 9.84. The van der Waals surface area contributed by atoms with E-state index in [1.165, 1.54) is 0 Å². The molecular formula is C18H28N2O3. The van der Waals surface area contributed by atoms with Crippen molar-refractivity contribution in [2.75, 3.05) is 26.3 Å². The van der Waals surface area contributed by atoms with Crippen LogP contribution >= 0.6 is 0 Å². The van der Waals surface area contributed by atoms with Crippen molar-refractivity contribution >= 4 is 5.91 Å². The summed E-state index contributed by atoms with van der Waals surface area (Å²) in [4.78, 5) is 14.5. The van der Waals surface area contributed by atoms with Crippen LogP contribution in [-0.4, -0.2) is 54.4 Å². The number of nitrogens with zero attached hydrogens (tertiary/aromatic N) is 1. The number of nitrogens with one attached hydrogen (secondary N) is 1. The number of ether oxygens (including phenoxy) is 1. The lowest BCUT2D eigenvalue weighted by Gasteiger charge is -2.35. The van der Waals surface area contributed by atoms with Crippen molar-refractivity contribution in [1.29, 1.82) is 0 Å². The van der Waals surface area contributed by atoms with E-state index in [-0.39, 0.29) is 24.7 Å². The van der Waals surface area contributed by atoms with Crippen molar-refractivity contribution < 1.29 is 14.6 Å². The maximum absolute atomic E-state index is 12.3. The summed E-state index contributed by atoms with van der Waals surface area (Å²) in [5.74, 6) is 0.0773. The van der Waals surface area contributed by atoms with Gasteiger partial charge in [-0.05, 0) is 31.7 Å². The van der Waals surface area contributed by atoms with Crippen molar-refractivity contribution in [3.8, 4) is 0 Å². The second-order valence-corrected chi connectivity index (χ2v) is 6.06. The number of likely N-dealkylation sites (tertiary alicyclic amines) is 1. The van der Waals surface area contributed by atoms with E-state index in [1.807, 2.05) is 37.3 Å². The van der Waals surface area contributed by atoms with Crippen LogP contribution in [0.25, 0.3) is 0 Å². The molecule has 128 valence electrons. The molecule has 0 aromatic heterocycles. The van der Waals surface area contributed by atoms with Crippen molar-refractivity contribution in [3.63, 3.8) is 0 Å². The molecule has 0 radical (unpaired) electrons. The second-order valence-electron chi connectivity index (χ2n) is 6.06. The molecule has 5 nitrogen and oxygen atoms in total. The average Bonchev–Trinajstić information content (AvgIpc) is 2.61. The van der Waals surface area contributed by atoms with Gasteiger partial charge in [0.2, 0.25) is 5.91 Å². The van der Waals surface area contributed by atoms with E-state index in [2.05, 4.69) is 10.2 Å². The molecule has 1 aliphatic rings. The lowest BCUT2D eigenvalue weighted by Crippen LogP contribution is -2.49. The molecule has 1 aromatic carbocycles. The first-order chi connectivity index (χ1) is 11.2. The van der Waals surface area contributed by atoms with E-state index in [0.717, 1.165) is 31.5 Å². The predicted octanol–water partition coefficient (Wildman–Crippen LogP) is 1.55. The molecule has 2 N–H and O–H groups in total. The molecule has 1 unspecified atom stereocenters. The maximum atomic E-state index is 12.3. The SMILES string of the molecule is CC(C(=O)NCc1ccccc1)N1CCC(OCCCO)CC1. The number of aliphatic hydroxyl groups excluding tert-OH is 1. The van der Waals surface area contributed by atoms with E-state index < -0.39 is 0 Å². The zero-order chi connectivity index (χ0) is 16.5. The van der Waals surface area contributed by atoms with Crippen LogP contribution in [0.2, 0.25) is 0 Å². The first kappa shape index (κ1) is 17.9. The minimum Gasteiger partial charge on any atom is -0.396 e. The Labute approximate surface area is 138 Å². The lowest BCUT2D eigenvalue weighted by atomic mass is 10.1. The Morgan fingerprint density at radius 3 is 2.70 bits per heavy atom. The van der Waals surface area contributed by atoms with Gasteiger partial charge in [-0.15, -0.1) is 0 Å². The third-order valence-corrected chi connectivity index (χ3v) is 4.37. The van der Waals surface area contributed by atoms with Gasteiger partial charge in [-0.25, -0.2) is 0 Å². The lowest BCUT2D eigenvalue weighted by molar-refractivity contribution is -0.127. The number of piperidine rings is 1. The Bertz CT molecular complexity index is 459. The Balaban J connectivity index is 1.69. The van der Waals surface area contributed by atoms with Gasteiger partial charge in [-0.3, -0.25) is 9.69 Å². The third kappa shape index (κ3) is 5.94. The van der Waals surface area contributed by atoms with E-state index in [4.69, 9.17) is 9.84 Å². The van der Waals surface area contributed by atoms with Gasteiger partial charge in [0.05, 0.1) is 12.1 Å². The standard InChI is InChI=1S/C18H28N2O3/c1-15(18(22)19-14-16-6-3-2-4-7-16)20-10-8-17(9-11-20)23-13-5-12-21/h2-4,6-7,15,17,21H,5,8-14H2,1H3,(H,19,22). The number of carbonyl (C=O) groups is 1. The predicted molar refractivity (Wildman–Crippen MR) is 90.0 cm³/mol. The minimum absolute atomic E-state index is 0.0773. The number of rotatable bonds is 8. The zero-order valence-electron chi connectivity index (χ0n) is 13.9. The summed E-state index contributed by atoms with van der Waals surface area (Å²) in [6.07, 6.45) is 2.85. The molecule has 0 saturated carbocycles. The van der Waals surface area contributed by atoms with Crippen molar-refractivity contribution in [1.82, 2.24) is 10.2 Å². The van der Waals surface area contributed by atoms with Gasteiger partial charge < -0.3 is 15.2 Å². The topological polar surface area (TPSA) is 61.8 Å². The molecule has 0 aliphatic carbocycles. The summed E-state index contributed by atoms with van der Waals surface area (Å²) in [5, 5.41) is 11.8. The third-order valence-electron chi connectivity index (χ3n) is 4.37. The van der Waals surface area contributed by atoms with E-state index in [1.54, 1.807) is 0 Å². The van der Waals surface area contributed by atoms with Crippen LogP contribution in [0.1, 0.15) is 31.7 Å². The van der Waals surface area contributed by atoms with Gasteiger partial charge >= 0.3 is 0 Å². The fourth-order valence-corrected chi connectivity index (χ4v) is 2.84. The van der Waals surface area contributed by atoms with Crippen molar-refractivity contribution in [3.05, 3.63) is 35.9 Å². The average molecular weight is 320 g/mol. The summed E-state index contributed by atoms with van der Waals surface area (Å²) in [6.45, 7) is 5.09. The Morgan fingerprint density at radius 1 is 1.35 bits per heavy atom. The van der Waals surface area contributed by atoms with Gasteiger partial charge in [0, 0.05) is 32.8 Å². The summed E-state index contributed by atoms with van der Waals surface area (Å²) < 4.78 is 5.73. The molecule has 1 amide bonds. The van der Waals surface area contributed by atoms with Crippen LogP contribution in [0.4, 0.5) is 0 Å². The molecule has 1 saturated heterocycles. The van der Waals surface area contributed by atoms with Crippen LogP contribution in [0, 0.1) is 0 Å². The van der Waals surface area contributed by atoms with E-state index in [9.17, 15) is 4.79 Å². The largest absolute Gasteiger partial charge is 0.396 e.